The van der Waals surface area contributed by atoms with Crippen molar-refractivity contribution in [1.82, 2.24) is 19.9 Å². The lowest BCUT2D eigenvalue weighted by Gasteiger charge is -2.29. The Kier molecular flexibility index (Phi) is 4.78. The van der Waals surface area contributed by atoms with E-state index in [1.54, 1.807) is 18.7 Å². The highest BCUT2D eigenvalue weighted by molar-refractivity contribution is 5.94. The molecule has 4 rings (SSSR count). The second-order valence-electron chi connectivity index (χ2n) is 6.81. The first-order valence-electron chi connectivity index (χ1n) is 9.10. The number of hydrogen-bond donors (Lipinski definition) is 1. The molecule has 0 radical (unpaired) electrons. The molecule has 1 N–H and O–H groups in total. The smallest absolute Gasteiger partial charge is 0.253 e. The van der Waals surface area contributed by atoms with Gasteiger partial charge in [-0.25, -0.2) is 9.97 Å². The zero-order chi connectivity index (χ0) is 17.8. The Hall–Kier alpha value is -2.95. The molecule has 2 aromatic heterocycles. The van der Waals surface area contributed by atoms with E-state index in [2.05, 4.69) is 45.6 Å². The normalized spacial score (nSPS) is 19.8. The van der Waals surface area contributed by atoms with Crippen LogP contribution in [-0.4, -0.2) is 26.5 Å². The molecular formula is C21H22N4O. The molecule has 0 aliphatic heterocycles. The van der Waals surface area contributed by atoms with Crippen molar-refractivity contribution in [1.29, 1.82) is 0 Å². The van der Waals surface area contributed by atoms with Crippen LogP contribution in [0.1, 0.15) is 47.5 Å². The molecule has 1 saturated carbocycles. The summed E-state index contributed by atoms with van der Waals surface area (Å²) in [6, 6.07) is 14.6. The molecule has 3 aromatic rings. The number of hydrogen-bond acceptors (Lipinski definition) is 3. The van der Waals surface area contributed by atoms with Crippen LogP contribution in [-0.2, 0) is 0 Å². The van der Waals surface area contributed by atoms with E-state index >= 15 is 0 Å². The monoisotopic (exact) mass is 346 g/mol. The Morgan fingerprint density at radius 1 is 1.04 bits per heavy atom. The Bertz CT molecular complexity index is 835. The highest BCUT2D eigenvalue weighted by atomic mass is 16.1. The van der Waals surface area contributed by atoms with Gasteiger partial charge in [-0.2, -0.15) is 0 Å². The maximum atomic E-state index is 12.5. The second-order valence-corrected chi connectivity index (χ2v) is 6.81. The van der Waals surface area contributed by atoms with Crippen molar-refractivity contribution in [2.24, 2.45) is 0 Å². The number of aromatic nitrogens is 3. The van der Waals surface area contributed by atoms with Crippen LogP contribution in [0.4, 0.5) is 0 Å². The molecule has 1 fully saturated rings. The van der Waals surface area contributed by atoms with Gasteiger partial charge < -0.3 is 5.32 Å². The number of carbonyl (C=O) groups excluding carboxylic acids is 1. The molecule has 0 saturated heterocycles. The number of carbonyl (C=O) groups is 1. The van der Waals surface area contributed by atoms with E-state index in [0.29, 0.717) is 11.5 Å². The van der Waals surface area contributed by atoms with Gasteiger partial charge in [-0.3, -0.25) is 9.36 Å². The number of nitrogens with one attached hydrogen (secondary N) is 1. The minimum absolute atomic E-state index is 0.0437. The molecule has 5 nitrogen and oxygen atoms in total. The Morgan fingerprint density at radius 3 is 2.50 bits per heavy atom. The summed E-state index contributed by atoms with van der Waals surface area (Å²) < 4.78 is 1.81. The third-order valence-corrected chi connectivity index (χ3v) is 5.11. The lowest BCUT2D eigenvalue weighted by molar-refractivity contribution is 0.0925. The minimum atomic E-state index is -0.0437. The molecule has 0 bridgehead atoms. The standard InChI is InChI=1S/C21H22N4O/c26-21(18-8-11-20(23-14-18)25-13-12-22-15-25)24-19-9-6-17(7-10-19)16-4-2-1-3-5-16/h1-5,8,11-15,17,19H,6-7,9-10H2,(H,24,26). The molecule has 1 aliphatic rings. The maximum Gasteiger partial charge on any atom is 0.253 e. The second kappa shape index (κ2) is 7.52. The molecule has 1 aliphatic carbocycles. The number of amides is 1. The molecule has 0 unspecified atom stereocenters. The number of pyridine rings is 1. The van der Waals surface area contributed by atoms with Gasteiger partial charge >= 0.3 is 0 Å². The summed E-state index contributed by atoms with van der Waals surface area (Å²) in [6.07, 6.45) is 11.1. The summed E-state index contributed by atoms with van der Waals surface area (Å²) in [5, 5.41) is 3.16. The van der Waals surface area contributed by atoms with Crippen molar-refractivity contribution in [2.75, 3.05) is 0 Å². The van der Waals surface area contributed by atoms with E-state index in [0.717, 1.165) is 31.5 Å². The van der Waals surface area contributed by atoms with Gasteiger partial charge in [0.2, 0.25) is 0 Å². The molecule has 5 heteroatoms. The van der Waals surface area contributed by atoms with Gasteiger partial charge in [0.1, 0.15) is 12.1 Å². The lowest BCUT2D eigenvalue weighted by atomic mass is 9.82. The summed E-state index contributed by atoms with van der Waals surface area (Å²) >= 11 is 0. The van der Waals surface area contributed by atoms with Crippen molar-refractivity contribution < 1.29 is 4.79 Å². The largest absolute Gasteiger partial charge is 0.349 e. The third-order valence-electron chi connectivity index (χ3n) is 5.11. The van der Waals surface area contributed by atoms with Crippen molar-refractivity contribution in [2.45, 2.75) is 37.6 Å². The lowest BCUT2D eigenvalue weighted by Crippen LogP contribution is -2.37. The molecule has 2 heterocycles. The molecule has 1 amide bonds. The van der Waals surface area contributed by atoms with Gasteiger partial charge in [-0.05, 0) is 49.3 Å². The quantitative estimate of drug-likeness (QED) is 0.783. The van der Waals surface area contributed by atoms with E-state index in [1.165, 1.54) is 5.56 Å². The molecule has 132 valence electrons. The molecular weight excluding hydrogens is 324 g/mol. The van der Waals surface area contributed by atoms with Crippen molar-refractivity contribution in [3.63, 3.8) is 0 Å². The van der Waals surface area contributed by atoms with E-state index in [9.17, 15) is 4.79 Å². The average Bonchev–Trinajstić information content (AvgIpc) is 3.24. The summed E-state index contributed by atoms with van der Waals surface area (Å²) in [6.45, 7) is 0. The zero-order valence-corrected chi connectivity index (χ0v) is 14.6. The minimum Gasteiger partial charge on any atom is -0.349 e. The van der Waals surface area contributed by atoms with Gasteiger partial charge in [0.15, 0.2) is 0 Å². The third kappa shape index (κ3) is 3.67. The zero-order valence-electron chi connectivity index (χ0n) is 14.6. The van der Waals surface area contributed by atoms with Crippen molar-refractivity contribution in [3.05, 3.63) is 78.5 Å². The van der Waals surface area contributed by atoms with E-state index in [1.807, 2.05) is 22.9 Å². The molecule has 1 aromatic carbocycles. The highest BCUT2D eigenvalue weighted by Gasteiger charge is 2.23. The number of rotatable bonds is 4. The number of benzene rings is 1. The Labute approximate surface area is 153 Å². The van der Waals surface area contributed by atoms with Crippen LogP contribution < -0.4 is 5.32 Å². The van der Waals surface area contributed by atoms with Crippen LogP contribution in [0.25, 0.3) is 5.82 Å². The summed E-state index contributed by atoms with van der Waals surface area (Å²) in [5.41, 5.74) is 2.01. The van der Waals surface area contributed by atoms with Crippen molar-refractivity contribution >= 4 is 5.91 Å². The summed E-state index contributed by atoms with van der Waals surface area (Å²) in [7, 11) is 0. The van der Waals surface area contributed by atoms with Crippen LogP contribution in [0.3, 0.4) is 0 Å². The summed E-state index contributed by atoms with van der Waals surface area (Å²) in [4.78, 5) is 20.8. The first kappa shape index (κ1) is 16.5. The summed E-state index contributed by atoms with van der Waals surface area (Å²) in [5.74, 6) is 1.32. The van der Waals surface area contributed by atoms with Crippen LogP contribution >= 0.6 is 0 Å². The topological polar surface area (TPSA) is 59.8 Å². The SMILES string of the molecule is O=C(NC1CCC(c2ccccc2)CC1)c1ccc(-n2ccnc2)nc1. The predicted octanol–water partition coefficient (Wildman–Crippen LogP) is 3.72. The maximum absolute atomic E-state index is 12.5. The fourth-order valence-corrected chi connectivity index (χ4v) is 3.63. The fourth-order valence-electron chi connectivity index (χ4n) is 3.63. The number of imidazole rings is 1. The van der Waals surface area contributed by atoms with E-state index in [4.69, 9.17) is 0 Å². The Morgan fingerprint density at radius 2 is 1.85 bits per heavy atom. The van der Waals surface area contributed by atoms with Gasteiger partial charge in [-0.15, -0.1) is 0 Å². The highest BCUT2D eigenvalue weighted by Crippen LogP contribution is 2.32. The number of nitrogens with zero attached hydrogens (tertiary/aromatic N) is 3. The van der Waals surface area contributed by atoms with Gasteiger partial charge in [0, 0.05) is 24.6 Å². The predicted molar refractivity (Wildman–Crippen MR) is 100 cm³/mol. The molecule has 26 heavy (non-hydrogen) atoms. The molecule has 0 atom stereocenters. The Balaban J connectivity index is 1.33. The van der Waals surface area contributed by atoms with E-state index < -0.39 is 0 Å². The van der Waals surface area contributed by atoms with E-state index in [-0.39, 0.29) is 11.9 Å². The first-order chi connectivity index (χ1) is 12.8. The average molecular weight is 346 g/mol. The molecule has 0 spiro atoms. The van der Waals surface area contributed by atoms with Crippen LogP contribution in [0, 0.1) is 0 Å². The van der Waals surface area contributed by atoms with Crippen LogP contribution in [0.15, 0.2) is 67.4 Å². The first-order valence-corrected chi connectivity index (χ1v) is 9.10. The van der Waals surface area contributed by atoms with Crippen LogP contribution in [0.5, 0.6) is 0 Å². The van der Waals surface area contributed by atoms with Gasteiger partial charge in [0.05, 0.1) is 5.56 Å². The van der Waals surface area contributed by atoms with Gasteiger partial charge in [-0.1, -0.05) is 30.3 Å². The van der Waals surface area contributed by atoms with Crippen LogP contribution in [0.2, 0.25) is 0 Å². The van der Waals surface area contributed by atoms with Crippen molar-refractivity contribution in [3.8, 4) is 5.82 Å². The fraction of sp³-hybridized carbons (Fsp3) is 0.286. The van der Waals surface area contributed by atoms with Gasteiger partial charge in [0.25, 0.3) is 5.91 Å².